The largest absolute Gasteiger partial charge is 0.317 e. The molecule has 1 saturated heterocycles. The molecule has 0 bridgehead atoms. The van der Waals surface area contributed by atoms with E-state index >= 15 is 0 Å². The highest BCUT2D eigenvalue weighted by Crippen LogP contribution is 2.28. The zero-order chi connectivity index (χ0) is 14.0. The molecule has 0 spiro atoms. The lowest BCUT2D eigenvalue weighted by molar-refractivity contribution is 0.298. The first-order chi connectivity index (χ1) is 8.95. The van der Waals surface area contributed by atoms with E-state index in [2.05, 4.69) is 21.2 Å². The van der Waals surface area contributed by atoms with Crippen LogP contribution in [0, 0.1) is 0 Å². The first-order valence-electron chi connectivity index (χ1n) is 6.07. The van der Waals surface area contributed by atoms with Gasteiger partial charge in [0.2, 0.25) is 10.0 Å². The van der Waals surface area contributed by atoms with Gasteiger partial charge in [-0.2, -0.15) is 4.31 Å². The molecule has 0 amide bonds. The van der Waals surface area contributed by atoms with E-state index in [0.717, 1.165) is 12.8 Å². The molecule has 1 aliphatic heterocycles. The van der Waals surface area contributed by atoms with Crippen molar-refractivity contribution in [3.05, 3.63) is 27.7 Å². The van der Waals surface area contributed by atoms with E-state index in [-0.39, 0.29) is 17.3 Å². The lowest BCUT2D eigenvalue weighted by atomic mass is 10.1. The molecule has 1 N–H and O–H groups in total. The Hall–Kier alpha value is 0.150. The fourth-order valence-electron chi connectivity index (χ4n) is 2.17. The highest BCUT2D eigenvalue weighted by Gasteiger charge is 2.29. The van der Waals surface area contributed by atoms with Crippen LogP contribution in [0.1, 0.15) is 12.8 Å². The highest BCUT2D eigenvalue weighted by molar-refractivity contribution is 9.10. The summed E-state index contributed by atoms with van der Waals surface area (Å²) in [5.74, 6) is 0. The predicted octanol–water partition coefficient (Wildman–Crippen LogP) is 2.90. The molecule has 0 radical (unpaired) electrons. The van der Waals surface area contributed by atoms with E-state index in [1.807, 2.05) is 7.05 Å². The number of benzene rings is 1. The molecule has 1 aromatic rings. The summed E-state index contributed by atoms with van der Waals surface area (Å²) in [6.07, 6.45) is 1.68. The van der Waals surface area contributed by atoms with Gasteiger partial charge >= 0.3 is 0 Å². The molecule has 1 aromatic carbocycles. The first kappa shape index (κ1) is 18.2. The Balaban J connectivity index is 0.00000200. The summed E-state index contributed by atoms with van der Waals surface area (Å²) in [5, 5.41) is 3.69. The van der Waals surface area contributed by atoms with Gasteiger partial charge in [-0.1, -0.05) is 11.6 Å². The van der Waals surface area contributed by atoms with Gasteiger partial charge in [-0.05, 0) is 54.0 Å². The molecule has 0 saturated carbocycles. The number of hydrogen-bond donors (Lipinski definition) is 1. The van der Waals surface area contributed by atoms with Crippen molar-refractivity contribution >= 4 is 50.0 Å². The molecule has 8 heteroatoms. The van der Waals surface area contributed by atoms with Crippen LogP contribution in [0.25, 0.3) is 0 Å². The standard InChI is InChI=1S/C12H16BrClN2O2S.ClH/c1-15-9-4-6-16(7-5-9)19(17,18)10-2-3-12(14)11(13)8-10;/h2-3,8-9,15H,4-7H2,1H3;1H. The summed E-state index contributed by atoms with van der Waals surface area (Å²) < 4.78 is 27.1. The molecule has 0 atom stereocenters. The second-order valence-corrected chi connectivity index (χ2v) is 7.74. The Kier molecular flexibility index (Phi) is 6.76. The Morgan fingerprint density at radius 1 is 1.35 bits per heavy atom. The number of halogens is 3. The van der Waals surface area contributed by atoms with E-state index in [0.29, 0.717) is 28.6 Å². The minimum atomic E-state index is -3.42. The van der Waals surface area contributed by atoms with Crippen LogP contribution in [-0.4, -0.2) is 38.9 Å². The molecule has 4 nitrogen and oxygen atoms in total. The third-order valence-electron chi connectivity index (χ3n) is 3.39. The smallest absolute Gasteiger partial charge is 0.243 e. The first-order valence-corrected chi connectivity index (χ1v) is 8.68. The number of hydrogen-bond acceptors (Lipinski definition) is 3. The van der Waals surface area contributed by atoms with Gasteiger partial charge in [0.05, 0.1) is 9.92 Å². The highest BCUT2D eigenvalue weighted by atomic mass is 79.9. The van der Waals surface area contributed by atoms with E-state index in [9.17, 15) is 8.42 Å². The molecule has 0 unspecified atom stereocenters. The summed E-state index contributed by atoms with van der Waals surface area (Å²) in [7, 11) is -1.51. The maximum absolute atomic E-state index is 12.5. The summed E-state index contributed by atoms with van der Waals surface area (Å²) in [5.41, 5.74) is 0. The predicted molar refractivity (Wildman–Crippen MR) is 87.2 cm³/mol. The molecule has 2 rings (SSSR count). The van der Waals surface area contributed by atoms with Crippen LogP contribution < -0.4 is 5.32 Å². The summed E-state index contributed by atoms with van der Waals surface area (Å²) in [6, 6.07) is 5.11. The molecule has 0 aromatic heterocycles. The third kappa shape index (κ3) is 3.87. The zero-order valence-electron chi connectivity index (χ0n) is 11.0. The molecule has 0 aliphatic carbocycles. The average Bonchev–Trinajstić information content (AvgIpc) is 2.41. The van der Waals surface area contributed by atoms with Gasteiger partial charge in [-0.15, -0.1) is 12.4 Å². The molecule has 1 heterocycles. The zero-order valence-corrected chi connectivity index (χ0v) is 14.9. The van der Waals surface area contributed by atoms with Gasteiger partial charge < -0.3 is 5.32 Å². The topological polar surface area (TPSA) is 49.4 Å². The van der Waals surface area contributed by atoms with Crippen molar-refractivity contribution in [2.45, 2.75) is 23.8 Å². The maximum atomic E-state index is 12.5. The van der Waals surface area contributed by atoms with Crippen molar-refractivity contribution < 1.29 is 8.42 Å². The van der Waals surface area contributed by atoms with Gasteiger partial charge in [-0.25, -0.2) is 8.42 Å². The van der Waals surface area contributed by atoms with Crippen molar-refractivity contribution in [3.8, 4) is 0 Å². The van der Waals surface area contributed by atoms with Gasteiger partial charge in [0, 0.05) is 23.6 Å². The molecule has 114 valence electrons. The Labute approximate surface area is 139 Å². The van der Waals surface area contributed by atoms with Gasteiger partial charge in [0.25, 0.3) is 0 Å². The fourth-order valence-corrected chi connectivity index (χ4v) is 4.32. The fraction of sp³-hybridized carbons (Fsp3) is 0.500. The van der Waals surface area contributed by atoms with Crippen LogP contribution in [0.3, 0.4) is 0 Å². The Morgan fingerprint density at radius 3 is 2.45 bits per heavy atom. The summed E-state index contributed by atoms with van der Waals surface area (Å²) >= 11 is 9.15. The number of sulfonamides is 1. The van der Waals surface area contributed by atoms with E-state index in [4.69, 9.17) is 11.6 Å². The third-order valence-corrected chi connectivity index (χ3v) is 6.50. The van der Waals surface area contributed by atoms with Crippen LogP contribution >= 0.6 is 39.9 Å². The molecule has 1 aliphatic rings. The maximum Gasteiger partial charge on any atom is 0.243 e. The lowest BCUT2D eigenvalue weighted by Gasteiger charge is -2.31. The SMILES string of the molecule is CNC1CCN(S(=O)(=O)c2ccc(Cl)c(Br)c2)CC1.Cl. The molecular weight excluding hydrogens is 387 g/mol. The Morgan fingerprint density at radius 2 is 1.95 bits per heavy atom. The Bertz CT molecular complexity index is 561. The van der Waals surface area contributed by atoms with Crippen molar-refractivity contribution in [1.29, 1.82) is 0 Å². The molecule has 1 fully saturated rings. The van der Waals surface area contributed by atoms with Crippen molar-refractivity contribution in [3.63, 3.8) is 0 Å². The van der Waals surface area contributed by atoms with Crippen LogP contribution in [0.2, 0.25) is 5.02 Å². The second kappa shape index (κ2) is 7.42. The van der Waals surface area contributed by atoms with Crippen molar-refractivity contribution in [1.82, 2.24) is 9.62 Å². The number of piperidine rings is 1. The van der Waals surface area contributed by atoms with Crippen LogP contribution in [0.4, 0.5) is 0 Å². The monoisotopic (exact) mass is 402 g/mol. The summed E-state index contributed by atoms with van der Waals surface area (Å²) in [4.78, 5) is 0.284. The van der Waals surface area contributed by atoms with E-state index in [1.54, 1.807) is 18.2 Å². The number of nitrogens with one attached hydrogen (secondary N) is 1. The second-order valence-electron chi connectivity index (χ2n) is 4.54. The van der Waals surface area contributed by atoms with Crippen molar-refractivity contribution in [2.24, 2.45) is 0 Å². The van der Waals surface area contributed by atoms with Crippen LogP contribution in [0.5, 0.6) is 0 Å². The normalized spacial score (nSPS) is 17.8. The average molecular weight is 404 g/mol. The minimum absolute atomic E-state index is 0. The number of nitrogens with zero attached hydrogens (tertiary/aromatic N) is 1. The minimum Gasteiger partial charge on any atom is -0.317 e. The number of rotatable bonds is 3. The van der Waals surface area contributed by atoms with Crippen LogP contribution in [-0.2, 0) is 10.0 Å². The van der Waals surface area contributed by atoms with Gasteiger partial charge in [0.15, 0.2) is 0 Å². The molecular formula is C12H17BrCl2N2O2S. The quantitative estimate of drug-likeness (QED) is 0.843. The lowest BCUT2D eigenvalue weighted by Crippen LogP contribution is -2.43. The van der Waals surface area contributed by atoms with E-state index < -0.39 is 10.0 Å². The van der Waals surface area contributed by atoms with Crippen LogP contribution in [0.15, 0.2) is 27.6 Å². The van der Waals surface area contributed by atoms with Gasteiger partial charge in [0.1, 0.15) is 0 Å². The summed E-state index contributed by atoms with van der Waals surface area (Å²) in [6.45, 7) is 1.10. The van der Waals surface area contributed by atoms with Crippen molar-refractivity contribution in [2.75, 3.05) is 20.1 Å². The van der Waals surface area contributed by atoms with Gasteiger partial charge in [-0.3, -0.25) is 0 Å². The molecule has 20 heavy (non-hydrogen) atoms. The van der Waals surface area contributed by atoms with E-state index in [1.165, 1.54) is 4.31 Å².